The summed E-state index contributed by atoms with van der Waals surface area (Å²) < 4.78 is 18.5. The third kappa shape index (κ3) is 3.61. The van der Waals surface area contributed by atoms with Gasteiger partial charge in [-0.1, -0.05) is 32.4 Å². The molecule has 2 saturated carbocycles. The Bertz CT molecular complexity index is 1390. The van der Waals surface area contributed by atoms with Crippen LogP contribution >= 0.6 is 0 Å². The van der Waals surface area contributed by atoms with Crippen molar-refractivity contribution in [1.29, 1.82) is 0 Å². The smallest absolute Gasteiger partial charge is 0.198 e. The van der Waals surface area contributed by atoms with Gasteiger partial charge >= 0.3 is 0 Å². The molecule has 16 unspecified atom stereocenters. The van der Waals surface area contributed by atoms with E-state index in [4.69, 9.17) is 14.2 Å². The molecule has 3 aliphatic heterocycles. The lowest BCUT2D eigenvalue weighted by molar-refractivity contribution is -0.372. The molecule has 2 spiro atoms. The van der Waals surface area contributed by atoms with Gasteiger partial charge in [-0.3, -0.25) is 4.79 Å². The molecule has 3 heterocycles. The van der Waals surface area contributed by atoms with Crippen LogP contribution in [0.15, 0.2) is 22.8 Å². The summed E-state index contributed by atoms with van der Waals surface area (Å²) in [4.78, 5) is 12.7. The molecule has 0 aromatic rings. The fourth-order valence-electron chi connectivity index (χ4n) is 12.1. The zero-order valence-corrected chi connectivity index (χ0v) is 27.1. The number of ether oxygens (including phenoxy) is 3. The fourth-order valence-corrected chi connectivity index (χ4v) is 12.1. The first kappa shape index (κ1) is 32.0. The van der Waals surface area contributed by atoms with Gasteiger partial charge in [0.15, 0.2) is 23.5 Å². The van der Waals surface area contributed by atoms with Crippen molar-refractivity contribution in [3.63, 3.8) is 0 Å². The van der Waals surface area contributed by atoms with Crippen molar-refractivity contribution in [2.45, 2.75) is 139 Å². The van der Waals surface area contributed by atoms with Crippen LogP contribution in [0.2, 0.25) is 0 Å². The molecule has 5 fully saturated rings. The topological polar surface area (TPSA) is 186 Å². The highest BCUT2D eigenvalue weighted by atomic mass is 16.7. The van der Waals surface area contributed by atoms with Gasteiger partial charge in [0.1, 0.15) is 30.5 Å². The predicted molar refractivity (Wildman–Crippen MR) is 160 cm³/mol. The molecule has 46 heavy (non-hydrogen) atoms. The number of ketones is 1. The largest absolute Gasteiger partial charge is 0.394 e. The quantitative estimate of drug-likeness (QED) is 0.225. The molecule has 256 valence electrons. The zero-order valence-electron chi connectivity index (χ0n) is 27.1. The Morgan fingerprint density at radius 1 is 1.07 bits per heavy atom. The van der Waals surface area contributed by atoms with E-state index in [1.807, 2.05) is 0 Å². The van der Waals surface area contributed by atoms with Crippen molar-refractivity contribution in [1.82, 2.24) is 0 Å². The second kappa shape index (κ2) is 9.93. The maximum absolute atomic E-state index is 12.7. The molecule has 3 saturated heterocycles. The van der Waals surface area contributed by atoms with Crippen molar-refractivity contribution in [3.8, 4) is 0 Å². The van der Waals surface area contributed by atoms with Gasteiger partial charge in [0.05, 0.1) is 18.8 Å². The van der Waals surface area contributed by atoms with E-state index < -0.39 is 72.7 Å². The van der Waals surface area contributed by atoms with Gasteiger partial charge < -0.3 is 50.0 Å². The summed E-state index contributed by atoms with van der Waals surface area (Å²) in [7, 11) is 0. The van der Waals surface area contributed by atoms with Crippen LogP contribution in [0.4, 0.5) is 0 Å². The Kier molecular flexibility index (Phi) is 6.90. The Morgan fingerprint density at radius 3 is 2.48 bits per heavy atom. The first-order valence-corrected chi connectivity index (χ1v) is 17.3. The lowest BCUT2D eigenvalue weighted by atomic mass is 9.51. The number of hydrogen-bond donors (Lipinski definition) is 7. The second-order valence-electron chi connectivity index (χ2n) is 16.5. The van der Waals surface area contributed by atoms with Gasteiger partial charge in [-0.05, 0) is 86.7 Å². The zero-order chi connectivity index (χ0) is 32.9. The SMILES string of the molecule is CC(=O)C(O)(C(C)C)C1OC(O)C2C1OC1C=C3C4=C(CCC35CC125)C1(C)CCC(C2(O)OC(CO)C(O)C(O)C2O)CC1CC4. The minimum atomic E-state index is -2.06. The van der Waals surface area contributed by atoms with Gasteiger partial charge in [0, 0.05) is 22.7 Å². The number of aliphatic hydroxyl groups excluding tert-OH is 5. The average Bonchev–Trinajstić information content (AvgIpc) is 3.23. The van der Waals surface area contributed by atoms with Crippen LogP contribution in [0.5, 0.6) is 0 Å². The number of fused-ring (bicyclic) bond motifs is 4. The molecule has 16 atom stereocenters. The number of rotatable bonds is 5. The van der Waals surface area contributed by atoms with Crippen LogP contribution in [0, 0.1) is 39.9 Å². The molecule has 8 aliphatic rings. The summed E-state index contributed by atoms with van der Waals surface area (Å²) in [5, 5.41) is 75.7. The number of hydrogen-bond acceptors (Lipinski definition) is 11. The highest BCUT2D eigenvalue weighted by molar-refractivity contribution is 5.86. The lowest BCUT2D eigenvalue weighted by Crippen LogP contribution is -2.68. The van der Waals surface area contributed by atoms with Crippen LogP contribution < -0.4 is 0 Å². The van der Waals surface area contributed by atoms with E-state index in [-0.39, 0.29) is 40.0 Å². The third-order valence-corrected chi connectivity index (χ3v) is 14.7. The number of allylic oxidation sites excluding steroid dienone is 3. The van der Waals surface area contributed by atoms with E-state index in [2.05, 4.69) is 13.0 Å². The standard InChI is InChI=1S/C35H50O11/c1-15(2)34(42,16(3)37)29-27-24(30(41)45-29)33-14-32(33)10-8-20-19(21(32)12-23(33)44-27)6-5-17-11-18(7-9-31(17,20)4)35(43)28(40)26(39)25(38)22(13-36)46-35/h12,15,17-18,22-30,36,38-43H,5-11,13-14H2,1-4H3. The molecule has 8 rings (SSSR count). The summed E-state index contributed by atoms with van der Waals surface area (Å²) in [5.41, 5.74) is 1.90. The number of aliphatic hydroxyl groups is 7. The molecule has 0 amide bonds. The van der Waals surface area contributed by atoms with Crippen molar-refractivity contribution in [2.24, 2.45) is 39.9 Å². The maximum Gasteiger partial charge on any atom is 0.198 e. The fraction of sp³-hybridized carbons (Fsp3) is 0.857. The van der Waals surface area contributed by atoms with Gasteiger partial charge in [-0.15, -0.1) is 0 Å². The Morgan fingerprint density at radius 2 is 1.80 bits per heavy atom. The van der Waals surface area contributed by atoms with Crippen LogP contribution in [-0.2, 0) is 19.0 Å². The normalized spacial score (nSPS) is 55.0. The van der Waals surface area contributed by atoms with E-state index >= 15 is 0 Å². The lowest BCUT2D eigenvalue weighted by Gasteiger charge is -2.56. The Labute approximate surface area is 269 Å². The molecule has 7 N–H and O–H groups in total. The monoisotopic (exact) mass is 646 g/mol. The van der Waals surface area contributed by atoms with Crippen molar-refractivity contribution in [3.05, 3.63) is 22.8 Å². The molecule has 11 heteroatoms. The maximum atomic E-state index is 12.7. The van der Waals surface area contributed by atoms with Gasteiger partial charge in [-0.2, -0.15) is 0 Å². The minimum absolute atomic E-state index is 0.115. The first-order valence-electron chi connectivity index (χ1n) is 17.3. The van der Waals surface area contributed by atoms with E-state index in [1.54, 1.807) is 13.8 Å². The van der Waals surface area contributed by atoms with Crippen LogP contribution in [0.25, 0.3) is 0 Å². The molecule has 0 radical (unpaired) electrons. The first-order chi connectivity index (χ1) is 21.6. The van der Waals surface area contributed by atoms with Crippen molar-refractivity contribution >= 4 is 5.78 Å². The molecule has 0 bridgehead atoms. The Balaban J connectivity index is 1.07. The summed E-state index contributed by atoms with van der Waals surface area (Å²) in [5.74, 6) is -3.43. The molecule has 0 aromatic heterocycles. The molecule has 0 aromatic carbocycles. The summed E-state index contributed by atoms with van der Waals surface area (Å²) in [6.45, 7) is 6.69. The summed E-state index contributed by atoms with van der Waals surface area (Å²) in [6.07, 6.45) is -0.136. The molecule has 5 aliphatic carbocycles. The van der Waals surface area contributed by atoms with Crippen LogP contribution in [0.1, 0.15) is 79.1 Å². The number of Topliss-reactive ketones (excluding diaryl/α,β-unsaturated/α-hetero) is 1. The van der Waals surface area contributed by atoms with E-state index in [9.17, 15) is 40.5 Å². The number of carbonyl (C=O) groups excluding carboxylic acids is 1. The van der Waals surface area contributed by atoms with Gasteiger partial charge in [-0.25, -0.2) is 0 Å². The third-order valence-electron chi connectivity index (χ3n) is 14.7. The molecule has 11 nitrogen and oxygen atoms in total. The summed E-state index contributed by atoms with van der Waals surface area (Å²) >= 11 is 0. The van der Waals surface area contributed by atoms with E-state index in [0.717, 1.165) is 38.5 Å². The molecular weight excluding hydrogens is 596 g/mol. The van der Waals surface area contributed by atoms with Gasteiger partial charge in [0.25, 0.3) is 0 Å². The summed E-state index contributed by atoms with van der Waals surface area (Å²) in [6, 6.07) is 0. The number of carbonyl (C=O) groups is 1. The predicted octanol–water partition coefficient (Wildman–Crippen LogP) is 0.849. The van der Waals surface area contributed by atoms with Crippen molar-refractivity contribution in [2.75, 3.05) is 6.61 Å². The van der Waals surface area contributed by atoms with E-state index in [0.29, 0.717) is 12.8 Å². The van der Waals surface area contributed by atoms with Crippen molar-refractivity contribution < 1.29 is 54.8 Å². The second-order valence-corrected chi connectivity index (χ2v) is 16.5. The Hall–Kier alpha value is -1.25. The average molecular weight is 647 g/mol. The van der Waals surface area contributed by atoms with Crippen LogP contribution in [-0.4, -0.2) is 109 Å². The van der Waals surface area contributed by atoms with E-state index in [1.165, 1.54) is 23.6 Å². The van der Waals surface area contributed by atoms with Gasteiger partial charge in [0.2, 0.25) is 0 Å². The highest BCUT2D eigenvalue weighted by Gasteiger charge is 2.85. The minimum Gasteiger partial charge on any atom is -0.394 e. The van der Waals surface area contributed by atoms with Crippen LogP contribution in [0.3, 0.4) is 0 Å². The molecular formula is C35H50O11. The highest BCUT2D eigenvalue weighted by Crippen LogP contribution is 2.86.